The number of hydrogen-bond donors (Lipinski definition) is 2. The van der Waals surface area contributed by atoms with Crippen LogP contribution in [0.4, 0.5) is 5.69 Å². The second kappa shape index (κ2) is 9.11. The number of amides is 1. The number of anilines is 1. The number of furan rings is 1. The maximum absolute atomic E-state index is 12.9. The molecule has 2 heterocycles. The van der Waals surface area contributed by atoms with Crippen LogP contribution in [-0.4, -0.2) is 38.3 Å². The summed E-state index contributed by atoms with van der Waals surface area (Å²) in [6, 6.07) is 10.1. The zero-order valence-corrected chi connectivity index (χ0v) is 18.0. The second-order valence-corrected chi connectivity index (χ2v) is 10.0. The van der Waals surface area contributed by atoms with E-state index in [9.17, 15) is 13.2 Å². The van der Waals surface area contributed by atoms with Crippen molar-refractivity contribution in [2.45, 2.75) is 38.1 Å². The van der Waals surface area contributed by atoms with Gasteiger partial charge in [0.25, 0.3) is 5.91 Å². The number of benzene rings is 1. The van der Waals surface area contributed by atoms with Crippen molar-refractivity contribution in [2.75, 3.05) is 25.0 Å². The fourth-order valence-electron chi connectivity index (χ4n) is 3.82. The van der Waals surface area contributed by atoms with E-state index in [0.29, 0.717) is 30.6 Å². The van der Waals surface area contributed by atoms with Crippen LogP contribution in [0.15, 0.2) is 52.0 Å². The molecule has 8 heteroatoms. The SMILES string of the molecule is C[C@H]1C[C@H](C)CN(S(=O)(=O)c2ccc(NC(=O)C[NH2+][C@@H](C)c3ccco3)cc2)C1. The first kappa shape index (κ1) is 21.5. The van der Waals surface area contributed by atoms with Crippen molar-refractivity contribution in [3.05, 3.63) is 48.4 Å². The standard InChI is InChI=1S/C21H29N3O4S/c1-15-11-16(2)14-24(13-15)29(26,27)19-8-6-18(7-9-19)23-21(25)12-22-17(3)20-5-4-10-28-20/h4-10,15-17,22H,11-14H2,1-3H3,(H,23,25)/p+1/t15-,16-,17-/m0/s1. The van der Waals surface area contributed by atoms with E-state index in [1.807, 2.05) is 24.4 Å². The maximum Gasteiger partial charge on any atom is 0.279 e. The quantitative estimate of drug-likeness (QED) is 0.718. The van der Waals surface area contributed by atoms with Gasteiger partial charge in [-0.2, -0.15) is 4.31 Å². The fraction of sp³-hybridized carbons (Fsp3) is 0.476. The van der Waals surface area contributed by atoms with Crippen LogP contribution in [0, 0.1) is 11.8 Å². The summed E-state index contributed by atoms with van der Waals surface area (Å²) >= 11 is 0. The number of nitrogens with two attached hydrogens (primary N) is 1. The first-order valence-corrected chi connectivity index (χ1v) is 11.5. The summed E-state index contributed by atoms with van der Waals surface area (Å²) in [6.45, 7) is 7.48. The highest BCUT2D eigenvalue weighted by molar-refractivity contribution is 7.89. The molecule has 0 bridgehead atoms. The fourth-order valence-corrected chi connectivity index (χ4v) is 5.50. The third-order valence-corrected chi connectivity index (χ3v) is 7.11. The Labute approximate surface area is 172 Å². The third-order valence-electron chi connectivity index (χ3n) is 5.26. The van der Waals surface area contributed by atoms with Crippen molar-refractivity contribution in [1.29, 1.82) is 0 Å². The molecule has 1 fully saturated rings. The van der Waals surface area contributed by atoms with Gasteiger partial charge in [-0.15, -0.1) is 0 Å². The lowest BCUT2D eigenvalue weighted by Gasteiger charge is -2.34. The molecule has 0 unspecified atom stereocenters. The normalized spacial score (nSPS) is 21.6. The number of carbonyl (C=O) groups is 1. The summed E-state index contributed by atoms with van der Waals surface area (Å²) < 4.78 is 32.8. The van der Waals surface area contributed by atoms with E-state index in [2.05, 4.69) is 19.2 Å². The Morgan fingerprint density at radius 3 is 2.45 bits per heavy atom. The van der Waals surface area contributed by atoms with Crippen LogP contribution < -0.4 is 10.6 Å². The third kappa shape index (κ3) is 5.46. The molecular formula is C21H30N3O4S+. The van der Waals surface area contributed by atoms with Gasteiger partial charge in [0, 0.05) is 18.8 Å². The molecular weight excluding hydrogens is 390 g/mol. The van der Waals surface area contributed by atoms with Crippen molar-refractivity contribution < 1.29 is 22.9 Å². The van der Waals surface area contributed by atoms with Crippen LogP contribution in [-0.2, 0) is 14.8 Å². The van der Waals surface area contributed by atoms with Gasteiger partial charge in [-0.25, -0.2) is 8.42 Å². The second-order valence-electron chi connectivity index (χ2n) is 8.08. The van der Waals surface area contributed by atoms with Gasteiger partial charge in [-0.3, -0.25) is 4.79 Å². The number of rotatable bonds is 7. The van der Waals surface area contributed by atoms with Crippen LogP contribution in [0.1, 0.15) is 39.0 Å². The molecule has 0 saturated carbocycles. The molecule has 7 nitrogen and oxygen atoms in total. The van der Waals surface area contributed by atoms with Crippen molar-refractivity contribution >= 4 is 21.6 Å². The minimum absolute atomic E-state index is 0.0394. The van der Waals surface area contributed by atoms with Gasteiger partial charge < -0.3 is 15.1 Å². The molecule has 3 N–H and O–H groups in total. The smallest absolute Gasteiger partial charge is 0.279 e. The summed E-state index contributed by atoms with van der Waals surface area (Å²) in [4.78, 5) is 12.4. The van der Waals surface area contributed by atoms with Gasteiger partial charge in [-0.1, -0.05) is 13.8 Å². The predicted molar refractivity (Wildman–Crippen MR) is 111 cm³/mol. The minimum atomic E-state index is -3.52. The molecule has 0 aliphatic carbocycles. The molecule has 0 spiro atoms. The highest BCUT2D eigenvalue weighted by Gasteiger charge is 2.31. The Morgan fingerprint density at radius 2 is 1.86 bits per heavy atom. The van der Waals surface area contributed by atoms with Gasteiger partial charge >= 0.3 is 0 Å². The van der Waals surface area contributed by atoms with Gasteiger partial charge in [0.15, 0.2) is 12.3 Å². The van der Waals surface area contributed by atoms with Crippen LogP contribution in [0.5, 0.6) is 0 Å². The first-order valence-electron chi connectivity index (χ1n) is 10.0. The zero-order chi connectivity index (χ0) is 21.0. The number of nitrogens with zero attached hydrogens (tertiary/aromatic N) is 1. The van der Waals surface area contributed by atoms with Crippen molar-refractivity contribution in [1.82, 2.24) is 4.31 Å². The molecule has 1 saturated heterocycles. The van der Waals surface area contributed by atoms with E-state index in [0.717, 1.165) is 12.2 Å². The van der Waals surface area contributed by atoms with Gasteiger partial charge in [0.1, 0.15) is 6.04 Å². The number of carbonyl (C=O) groups excluding carboxylic acids is 1. The lowest BCUT2D eigenvalue weighted by atomic mass is 9.94. The number of nitrogens with one attached hydrogen (secondary N) is 1. The molecule has 3 atom stereocenters. The monoisotopic (exact) mass is 420 g/mol. The number of hydrogen-bond acceptors (Lipinski definition) is 4. The average molecular weight is 421 g/mol. The largest absolute Gasteiger partial charge is 0.463 e. The molecule has 1 aliphatic rings. The Balaban J connectivity index is 1.57. The van der Waals surface area contributed by atoms with Gasteiger partial charge in [0.2, 0.25) is 10.0 Å². The van der Waals surface area contributed by atoms with E-state index in [1.54, 1.807) is 34.8 Å². The van der Waals surface area contributed by atoms with Crippen LogP contribution in [0.25, 0.3) is 0 Å². The van der Waals surface area contributed by atoms with E-state index < -0.39 is 10.0 Å². The molecule has 1 amide bonds. The van der Waals surface area contributed by atoms with E-state index in [1.165, 1.54) is 0 Å². The van der Waals surface area contributed by atoms with Gasteiger partial charge in [-0.05, 0) is 61.6 Å². The number of sulfonamides is 1. The maximum atomic E-state index is 12.9. The highest BCUT2D eigenvalue weighted by atomic mass is 32.2. The highest BCUT2D eigenvalue weighted by Crippen LogP contribution is 2.27. The molecule has 1 aromatic heterocycles. The summed E-state index contributed by atoms with van der Waals surface area (Å²) in [7, 11) is -3.52. The summed E-state index contributed by atoms with van der Waals surface area (Å²) in [5.74, 6) is 1.37. The number of quaternary nitrogens is 1. The first-order chi connectivity index (χ1) is 13.8. The Hall–Kier alpha value is -2.16. The van der Waals surface area contributed by atoms with Crippen molar-refractivity contribution in [2.24, 2.45) is 11.8 Å². The lowest BCUT2D eigenvalue weighted by molar-refractivity contribution is -0.684. The number of piperidine rings is 1. The molecule has 1 aliphatic heterocycles. The van der Waals surface area contributed by atoms with Crippen molar-refractivity contribution in [3.63, 3.8) is 0 Å². The Morgan fingerprint density at radius 1 is 1.21 bits per heavy atom. The van der Waals surface area contributed by atoms with E-state index in [4.69, 9.17) is 4.42 Å². The summed E-state index contributed by atoms with van der Waals surface area (Å²) in [6.07, 6.45) is 2.66. The Bertz CT molecular complexity index is 900. The van der Waals surface area contributed by atoms with Gasteiger partial charge in [0.05, 0.1) is 11.2 Å². The molecule has 29 heavy (non-hydrogen) atoms. The molecule has 2 aromatic rings. The van der Waals surface area contributed by atoms with Crippen LogP contribution in [0.3, 0.4) is 0 Å². The predicted octanol–water partition coefficient (Wildman–Crippen LogP) is 2.21. The molecule has 0 radical (unpaired) electrons. The summed E-state index contributed by atoms with van der Waals surface area (Å²) in [5.41, 5.74) is 0.577. The van der Waals surface area contributed by atoms with Crippen molar-refractivity contribution in [3.8, 4) is 0 Å². The molecule has 1 aromatic carbocycles. The Kier molecular flexibility index (Phi) is 6.77. The zero-order valence-electron chi connectivity index (χ0n) is 17.2. The van der Waals surface area contributed by atoms with E-state index in [-0.39, 0.29) is 23.4 Å². The van der Waals surface area contributed by atoms with Crippen LogP contribution in [0.2, 0.25) is 0 Å². The average Bonchev–Trinajstić information content (AvgIpc) is 3.21. The molecule has 158 valence electrons. The minimum Gasteiger partial charge on any atom is -0.463 e. The molecule has 3 rings (SSSR count). The topological polar surface area (TPSA) is 96.2 Å². The van der Waals surface area contributed by atoms with Crippen LogP contribution >= 0.6 is 0 Å². The van der Waals surface area contributed by atoms with E-state index >= 15 is 0 Å². The summed E-state index contributed by atoms with van der Waals surface area (Å²) in [5, 5.41) is 4.69. The lowest BCUT2D eigenvalue weighted by Crippen LogP contribution is -2.86.